The summed E-state index contributed by atoms with van der Waals surface area (Å²) in [6, 6.07) is 0.448. The number of guanidine groups is 1. The predicted molar refractivity (Wildman–Crippen MR) is 77.5 cm³/mol. The lowest BCUT2D eigenvalue weighted by atomic mass is 9.90. The van der Waals surface area contributed by atoms with Gasteiger partial charge in [0, 0.05) is 51.6 Å². The van der Waals surface area contributed by atoms with Crippen LogP contribution in [-0.2, 0) is 9.59 Å². The van der Waals surface area contributed by atoms with Crippen LogP contribution in [-0.4, -0.2) is 71.2 Å². The number of hydrogen-bond donors (Lipinski definition) is 2. The minimum Gasteiger partial charge on any atom is -0.370 e. The zero-order valence-corrected chi connectivity index (χ0v) is 12.3. The molecule has 3 saturated heterocycles. The van der Waals surface area contributed by atoms with Crippen molar-refractivity contribution < 1.29 is 9.59 Å². The molecule has 0 aliphatic carbocycles. The zero-order chi connectivity index (χ0) is 15.0. The molecule has 7 nitrogen and oxygen atoms in total. The highest BCUT2D eigenvalue weighted by Crippen LogP contribution is 2.27. The van der Waals surface area contributed by atoms with E-state index >= 15 is 0 Å². The van der Waals surface area contributed by atoms with E-state index in [2.05, 4.69) is 4.90 Å². The maximum Gasteiger partial charge on any atom is 0.229 e. The van der Waals surface area contributed by atoms with Crippen molar-refractivity contribution >= 4 is 17.8 Å². The Labute approximate surface area is 124 Å². The van der Waals surface area contributed by atoms with E-state index in [-0.39, 0.29) is 17.8 Å². The van der Waals surface area contributed by atoms with Crippen LogP contribution in [0.25, 0.3) is 0 Å². The number of amides is 2. The summed E-state index contributed by atoms with van der Waals surface area (Å²) in [5.41, 5.74) is 5.56. The van der Waals surface area contributed by atoms with E-state index in [1.165, 1.54) is 4.90 Å². The highest BCUT2D eigenvalue weighted by atomic mass is 16.2. The fourth-order valence-electron chi connectivity index (χ4n) is 3.71. The summed E-state index contributed by atoms with van der Waals surface area (Å²) >= 11 is 0. The molecule has 2 atom stereocenters. The Morgan fingerprint density at radius 2 is 1.86 bits per heavy atom. The molecular weight excluding hydrogens is 270 g/mol. The molecule has 0 aromatic rings. The summed E-state index contributed by atoms with van der Waals surface area (Å²) in [7, 11) is 0. The molecule has 0 spiro atoms. The molecule has 3 heterocycles. The minimum atomic E-state index is -0.0106. The molecule has 3 aliphatic rings. The lowest BCUT2D eigenvalue weighted by Gasteiger charge is -2.46. The Morgan fingerprint density at radius 1 is 1.14 bits per heavy atom. The number of nitrogens with two attached hydrogens (primary N) is 1. The van der Waals surface area contributed by atoms with Crippen LogP contribution in [0, 0.1) is 11.3 Å². The van der Waals surface area contributed by atoms with Gasteiger partial charge in [-0.05, 0) is 18.8 Å². The van der Waals surface area contributed by atoms with E-state index in [0.29, 0.717) is 31.3 Å². The second kappa shape index (κ2) is 5.63. The molecule has 3 fully saturated rings. The number of fused-ring (bicyclic) bond motifs is 1. The van der Waals surface area contributed by atoms with Crippen molar-refractivity contribution in [3.8, 4) is 0 Å². The van der Waals surface area contributed by atoms with Gasteiger partial charge in [-0.3, -0.25) is 24.8 Å². The van der Waals surface area contributed by atoms with E-state index in [1.807, 2.05) is 4.90 Å². The fraction of sp³-hybridized carbons (Fsp3) is 0.786. The molecule has 0 bridgehead atoms. The van der Waals surface area contributed by atoms with Crippen molar-refractivity contribution in [1.29, 1.82) is 5.41 Å². The van der Waals surface area contributed by atoms with E-state index in [1.54, 1.807) is 0 Å². The molecule has 3 N–H and O–H groups in total. The van der Waals surface area contributed by atoms with Crippen LogP contribution >= 0.6 is 0 Å². The van der Waals surface area contributed by atoms with Crippen LogP contribution < -0.4 is 5.73 Å². The quantitative estimate of drug-likeness (QED) is 0.404. The summed E-state index contributed by atoms with van der Waals surface area (Å²) in [4.78, 5) is 29.2. The maximum atomic E-state index is 11.7. The average Bonchev–Trinajstić information content (AvgIpc) is 2.78. The molecule has 7 heteroatoms. The summed E-state index contributed by atoms with van der Waals surface area (Å²) in [5.74, 6) is 0.521. The maximum absolute atomic E-state index is 11.7. The van der Waals surface area contributed by atoms with Crippen LogP contribution in [0.3, 0.4) is 0 Å². The van der Waals surface area contributed by atoms with Crippen molar-refractivity contribution in [1.82, 2.24) is 14.7 Å². The Morgan fingerprint density at radius 3 is 2.52 bits per heavy atom. The summed E-state index contributed by atoms with van der Waals surface area (Å²) < 4.78 is 0. The van der Waals surface area contributed by atoms with Gasteiger partial charge < -0.3 is 10.6 Å². The lowest BCUT2D eigenvalue weighted by Crippen LogP contribution is -2.59. The standard InChI is InChI=1S/C14H23N5O2/c15-14(16)18-6-5-17-7-10(1-2-11(17)9-18)8-19-12(20)3-4-13(19)21/h10-11H,1-9H2,(H3,15,16)/t10-,11-/m0/s1. The number of rotatable bonds is 2. The molecule has 3 rings (SSSR count). The molecule has 2 amide bonds. The topological polar surface area (TPSA) is 93.7 Å². The Kier molecular flexibility index (Phi) is 3.84. The number of nitrogens with one attached hydrogen (secondary N) is 1. The highest BCUT2D eigenvalue weighted by Gasteiger charge is 2.36. The third-order valence-electron chi connectivity index (χ3n) is 4.94. The van der Waals surface area contributed by atoms with Gasteiger partial charge in [0.1, 0.15) is 0 Å². The molecule has 0 radical (unpaired) electrons. The van der Waals surface area contributed by atoms with Crippen LogP contribution in [0.2, 0.25) is 0 Å². The van der Waals surface area contributed by atoms with Gasteiger partial charge in [0.15, 0.2) is 5.96 Å². The van der Waals surface area contributed by atoms with E-state index in [4.69, 9.17) is 11.1 Å². The van der Waals surface area contributed by atoms with Gasteiger partial charge in [-0.25, -0.2) is 0 Å². The third kappa shape index (κ3) is 2.88. The van der Waals surface area contributed by atoms with Crippen molar-refractivity contribution in [2.45, 2.75) is 31.7 Å². The second-order valence-corrected chi connectivity index (χ2v) is 6.32. The lowest BCUT2D eigenvalue weighted by molar-refractivity contribution is -0.139. The Hall–Kier alpha value is -1.63. The number of hydrogen-bond acceptors (Lipinski definition) is 4. The minimum absolute atomic E-state index is 0.0106. The number of piperazine rings is 1. The van der Waals surface area contributed by atoms with Crippen LogP contribution in [0.1, 0.15) is 25.7 Å². The van der Waals surface area contributed by atoms with Gasteiger partial charge in [-0.15, -0.1) is 0 Å². The number of imide groups is 1. The van der Waals surface area contributed by atoms with E-state index < -0.39 is 0 Å². The van der Waals surface area contributed by atoms with Gasteiger partial charge >= 0.3 is 0 Å². The SMILES string of the molecule is N=C(N)N1CCN2C[C@@H](CN3C(=O)CCC3=O)CC[C@H]2C1. The molecule has 0 unspecified atom stereocenters. The number of likely N-dealkylation sites (tertiary alicyclic amines) is 1. The summed E-state index contributed by atoms with van der Waals surface area (Å²) in [5, 5.41) is 7.53. The van der Waals surface area contributed by atoms with Crippen LogP contribution in [0.4, 0.5) is 0 Å². The molecule has 0 aromatic carbocycles. The number of carbonyl (C=O) groups is 2. The molecule has 0 aromatic heterocycles. The van der Waals surface area contributed by atoms with Crippen molar-refractivity contribution in [2.24, 2.45) is 11.7 Å². The van der Waals surface area contributed by atoms with Crippen LogP contribution in [0.5, 0.6) is 0 Å². The number of piperidine rings is 1. The number of carbonyl (C=O) groups excluding carboxylic acids is 2. The second-order valence-electron chi connectivity index (χ2n) is 6.32. The van der Waals surface area contributed by atoms with Gasteiger partial charge in [0.2, 0.25) is 11.8 Å². The third-order valence-corrected chi connectivity index (χ3v) is 4.94. The predicted octanol–water partition coefficient (Wildman–Crippen LogP) is -0.575. The smallest absolute Gasteiger partial charge is 0.229 e. The summed E-state index contributed by atoms with van der Waals surface area (Å²) in [6.45, 7) is 4.04. The van der Waals surface area contributed by atoms with Gasteiger partial charge in [-0.1, -0.05) is 0 Å². The Balaban J connectivity index is 1.55. The molecule has 116 valence electrons. The first-order valence-corrected chi connectivity index (χ1v) is 7.71. The van der Waals surface area contributed by atoms with Crippen LogP contribution in [0.15, 0.2) is 0 Å². The number of nitrogens with zero attached hydrogens (tertiary/aromatic N) is 3. The Bertz CT molecular complexity index is 450. The van der Waals surface area contributed by atoms with Gasteiger partial charge in [0.25, 0.3) is 0 Å². The van der Waals surface area contributed by atoms with Crippen molar-refractivity contribution in [2.75, 3.05) is 32.7 Å². The van der Waals surface area contributed by atoms with Gasteiger partial charge in [0.05, 0.1) is 0 Å². The largest absolute Gasteiger partial charge is 0.370 e. The molecule has 21 heavy (non-hydrogen) atoms. The molecule has 0 saturated carbocycles. The molecule has 3 aliphatic heterocycles. The highest BCUT2D eigenvalue weighted by molar-refractivity contribution is 6.01. The average molecular weight is 293 g/mol. The first-order chi connectivity index (χ1) is 10.0. The summed E-state index contributed by atoms with van der Waals surface area (Å²) in [6.07, 6.45) is 2.84. The first-order valence-electron chi connectivity index (χ1n) is 7.71. The fourth-order valence-corrected chi connectivity index (χ4v) is 3.71. The van der Waals surface area contributed by atoms with Gasteiger partial charge in [-0.2, -0.15) is 0 Å². The zero-order valence-electron chi connectivity index (χ0n) is 12.3. The van der Waals surface area contributed by atoms with E-state index in [0.717, 1.165) is 39.0 Å². The van der Waals surface area contributed by atoms with Crippen molar-refractivity contribution in [3.63, 3.8) is 0 Å². The van der Waals surface area contributed by atoms with E-state index in [9.17, 15) is 9.59 Å². The normalized spacial score (nSPS) is 30.7. The monoisotopic (exact) mass is 293 g/mol. The first kappa shape index (κ1) is 14.3. The molecular formula is C14H23N5O2. The van der Waals surface area contributed by atoms with Crippen molar-refractivity contribution in [3.05, 3.63) is 0 Å².